The molecule has 0 heterocycles. The molecule has 0 saturated heterocycles. The summed E-state index contributed by atoms with van der Waals surface area (Å²) < 4.78 is 15.9. The fourth-order valence-corrected chi connectivity index (χ4v) is 3.64. The van der Waals surface area contributed by atoms with Crippen LogP contribution in [0.4, 0.5) is 0 Å². The lowest BCUT2D eigenvalue weighted by Gasteiger charge is -2.19. The molecule has 0 aliphatic rings. The van der Waals surface area contributed by atoms with E-state index in [9.17, 15) is 14.4 Å². The molecular formula is C24H27BrClN3O6. The summed E-state index contributed by atoms with van der Waals surface area (Å²) in [6, 6.07) is 8.91. The van der Waals surface area contributed by atoms with Crippen molar-refractivity contribution >= 4 is 51.5 Å². The van der Waals surface area contributed by atoms with E-state index in [-0.39, 0.29) is 18.4 Å². The Labute approximate surface area is 217 Å². The Morgan fingerprint density at radius 1 is 1.14 bits per heavy atom. The Bertz CT molecular complexity index is 1080. The molecule has 2 amide bonds. The average molecular weight is 569 g/mol. The number of benzene rings is 2. The van der Waals surface area contributed by atoms with Gasteiger partial charge in [0.25, 0.3) is 11.8 Å². The van der Waals surface area contributed by atoms with Crippen molar-refractivity contribution < 1.29 is 28.6 Å². The average Bonchev–Trinajstić information content (AvgIpc) is 2.82. The Hall–Kier alpha value is -3.11. The number of halogens is 2. The van der Waals surface area contributed by atoms with Gasteiger partial charge in [0.15, 0.2) is 18.1 Å². The van der Waals surface area contributed by atoms with Gasteiger partial charge in [0.05, 0.1) is 24.9 Å². The molecule has 35 heavy (non-hydrogen) atoms. The quantitative estimate of drug-likeness (QED) is 0.241. The van der Waals surface area contributed by atoms with Gasteiger partial charge in [-0.2, -0.15) is 5.10 Å². The number of ether oxygens (including phenoxy) is 3. The first kappa shape index (κ1) is 28.1. The molecular weight excluding hydrogens is 542 g/mol. The van der Waals surface area contributed by atoms with Crippen LogP contribution in [0.5, 0.6) is 11.5 Å². The summed E-state index contributed by atoms with van der Waals surface area (Å²) in [7, 11) is 2.72. The molecule has 2 aromatic rings. The maximum Gasteiger partial charge on any atom is 0.343 e. The number of methoxy groups -OCH3 is 2. The summed E-state index contributed by atoms with van der Waals surface area (Å²) in [6.45, 7) is 3.62. The zero-order chi connectivity index (χ0) is 26.0. The van der Waals surface area contributed by atoms with Crippen LogP contribution < -0.4 is 20.2 Å². The highest BCUT2D eigenvalue weighted by molar-refractivity contribution is 9.10. The summed E-state index contributed by atoms with van der Waals surface area (Å²) in [5, 5.41) is 7.27. The number of hydrogen-bond acceptors (Lipinski definition) is 7. The van der Waals surface area contributed by atoms with Gasteiger partial charge in [-0.05, 0) is 70.2 Å². The van der Waals surface area contributed by atoms with Gasteiger partial charge in [0, 0.05) is 10.6 Å². The van der Waals surface area contributed by atoms with Gasteiger partial charge in [0.1, 0.15) is 6.04 Å². The molecule has 0 fully saturated rings. The predicted octanol–water partition coefficient (Wildman–Crippen LogP) is 3.96. The minimum Gasteiger partial charge on any atom is -0.493 e. The lowest BCUT2D eigenvalue weighted by Crippen LogP contribution is -2.46. The molecule has 0 spiro atoms. The number of esters is 1. The largest absolute Gasteiger partial charge is 0.493 e. The van der Waals surface area contributed by atoms with Gasteiger partial charge in [0.2, 0.25) is 0 Å². The van der Waals surface area contributed by atoms with E-state index in [2.05, 4.69) is 36.5 Å². The van der Waals surface area contributed by atoms with Crippen LogP contribution >= 0.6 is 27.5 Å². The van der Waals surface area contributed by atoms with Crippen LogP contribution in [0.2, 0.25) is 5.02 Å². The molecule has 188 valence electrons. The second-order valence-electron chi connectivity index (χ2n) is 7.80. The normalized spacial score (nSPS) is 11.7. The van der Waals surface area contributed by atoms with E-state index in [1.807, 2.05) is 13.8 Å². The topological polar surface area (TPSA) is 115 Å². The van der Waals surface area contributed by atoms with Gasteiger partial charge < -0.3 is 19.5 Å². The third-order valence-corrected chi connectivity index (χ3v) is 5.48. The Morgan fingerprint density at radius 3 is 2.43 bits per heavy atom. The van der Waals surface area contributed by atoms with E-state index in [4.69, 9.17) is 21.1 Å². The number of carbonyl (C=O) groups excluding carboxylic acids is 3. The minimum absolute atomic E-state index is 0.151. The number of nitrogens with one attached hydrogen (secondary N) is 2. The zero-order valence-corrected chi connectivity index (χ0v) is 22.1. The molecule has 2 N–H and O–H groups in total. The molecule has 11 heteroatoms. The van der Waals surface area contributed by atoms with Crippen molar-refractivity contribution in [2.24, 2.45) is 11.0 Å². The third kappa shape index (κ3) is 8.88. The molecule has 0 bridgehead atoms. The number of carbonyl (C=O) groups is 3. The van der Waals surface area contributed by atoms with E-state index in [0.29, 0.717) is 38.5 Å². The van der Waals surface area contributed by atoms with Crippen LogP contribution in [-0.2, 0) is 14.3 Å². The summed E-state index contributed by atoms with van der Waals surface area (Å²) in [5.41, 5.74) is 3.45. The molecule has 0 aliphatic carbocycles. The van der Waals surface area contributed by atoms with Crippen LogP contribution in [-0.4, -0.2) is 50.9 Å². The number of amides is 2. The number of rotatable bonds is 11. The van der Waals surface area contributed by atoms with Gasteiger partial charge in [-0.3, -0.25) is 9.59 Å². The first-order chi connectivity index (χ1) is 16.6. The Kier molecular flexibility index (Phi) is 11.0. The highest BCUT2D eigenvalue weighted by atomic mass is 79.9. The molecule has 2 rings (SSSR count). The molecule has 0 aromatic heterocycles. The summed E-state index contributed by atoms with van der Waals surface area (Å²) in [4.78, 5) is 36.7. The van der Waals surface area contributed by atoms with Crippen LogP contribution in [0.3, 0.4) is 0 Å². The second-order valence-corrected chi connectivity index (χ2v) is 9.09. The fourth-order valence-electron chi connectivity index (χ4n) is 2.94. The number of nitrogens with zero attached hydrogens (tertiary/aromatic N) is 1. The third-order valence-electron chi connectivity index (χ3n) is 4.64. The Balaban J connectivity index is 2.09. The van der Waals surface area contributed by atoms with E-state index in [0.717, 1.165) is 0 Å². The minimum atomic E-state index is -0.786. The fraction of sp³-hybridized carbons (Fsp3) is 0.333. The SMILES string of the molecule is COC(=O)COc1c(Br)cc(C=NNC(=O)C(CC(C)C)NC(=O)c2ccc(Cl)cc2)cc1OC. The summed E-state index contributed by atoms with van der Waals surface area (Å²) in [6.07, 6.45) is 1.84. The molecule has 0 aliphatic heterocycles. The highest BCUT2D eigenvalue weighted by Crippen LogP contribution is 2.36. The predicted molar refractivity (Wildman–Crippen MR) is 136 cm³/mol. The number of hydrogen-bond donors (Lipinski definition) is 2. The van der Waals surface area contributed by atoms with Crippen molar-refractivity contribution in [3.8, 4) is 11.5 Å². The van der Waals surface area contributed by atoms with Crippen LogP contribution in [0.1, 0.15) is 36.2 Å². The van der Waals surface area contributed by atoms with Crippen molar-refractivity contribution in [1.29, 1.82) is 0 Å². The maximum atomic E-state index is 12.8. The van der Waals surface area contributed by atoms with Crippen molar-refractivity contribution in [2.75, 3.05) is 20.8 Å². The highest BCUT2D eigenvalue weighted by Gasteiger charge is 2.22. The first-order valence-electron chi connectivity index (χ1n) is 10.6. The van der Waals surface area contributed by atoms with E-state index in [1.54, 1.807) is 36.4 Å². The second kappa shape index (κ2) is 13.7. The van der Waals surface area contributed by atoms with Crippen LogP contribution in [0.15, 0.2) is 46.0 Å². The zero-order valence-electron chi connectivity index (χ0n) is 19.8. The number of hydrazone groups is 1. The van der Waals surface area contributed by atoms with Gasteiger partial charge in [-0.15, -0.1) is 0 Å². The van der Waals surface area contributed by atoms with E-state index in [1.165, 1.54) is 20.4 Å². The lowest BCUT2D eigenvalue weighted by molar-refractivity contribution is -0.143. The van der Waals surface area contributed by atoms with Gasteiger partial charge in [-0.25, -0.2) is 10.2 Å². The molecule has 9 nitrogen and oxygen atoms in total. The monoisotopic (exact) mass is 567 g/mol. The standard InChI is InChI=1S/C24H27BrClN3O6/c1-14(2)9-19(28-23(31)16-5-7-17(26)8-6-16)24(32)29-27-12-15-10-18(25)22(20(11-15)33-3)35-13-21(30)34-4/h5-8,10-12,14,19H,9,13H2,1-4H3,(H,28,31)(H,29,32). The molecule has 0 radical (unpaired) electrons. The van der Waals surface area contributed by atoms with Gasteiger partial charge >= 0.3 is 5.97 Å². The maximum absolute atomic E-state index is 12.8. The van der Waals surface area contributed by atoms with Crippen molar-refractivity contribution in [3.63, 3.8) is 0 Å². The smallest absolute Gasteiger partial charge is 0.343 e. The summed E-state index contributed by atoms with van der Waals surface area (Å²) in [5.74, 6) is -0.557. The van der Waals surface area contributed by atoms with E-state index >= 15 is 0 Å². The molecule has 2 aromatic carbocycles. The van der Waals surface area contributed by atoms with Crippen LogP contribution in [0, 0.1) is 5.92 Å². The molecule has 0 saturated carbocycles. The molecule has 1 unspecified atom stereocenters. The summed E-state index contributed by atoms with van der Waals surface area (Å²) >= 11 is 9.25. The van der Waals surface area contributed by atoms with Crippen molar-refractivity contribution in [1.82, 2.24) is 10.7 Å². The Morgan fingerprint density at radius 2 is 1.83 bits per heavy atom. The first-order valence-corrected chi connectivity index (χ1v) is 11.8. The van der Waals surface area contributed by atoms with Crippen molar-refractivity contribution in [2.45, 2.75) is 26.3 Å². The van der Waals surface area contributed by atoms with Crippen molar-refractivity contribution in [3.05, 3.63) is 57.0 Å². The van der Waals surface area contributed by atoms with Gasteiger partial charge in [-0.1, -0.05) is 25.4 Å². The lowest BCUT2D eigenvalue weighted by atomic mass is 10.0. The van der Waals surface area contributed by atoms with Crippen LogP contribution in [0.25, 0.3) is 0 Å². The van der Waals surface area contributed by atoms with E-state index < -0.39 is 17.9 Å². The molecule has 1 atom stereocenters.